The number of amides is 1. The van der Waals surface area contributed by atoms with E-state index >= 15 is 0 Å². The fourth-order valence-corrected chi connectivity index (χ4v) is 6.19. The molecule has 1 aromatic carbocycles. The molecule has 0 aliphatic carbocycles. The van der Waals surface area contributed by atoms with Crippen LogP contribution in [0.4, 0.5) is 18.2 Å². The van der Waals surface area contributed by atoms with Gasteiger partial charge in [-0.1, -0.05) is 23.5 Å². The van der Waals surface area contributed by atoms with Crippen molar-refractivity contribution in [2.75, 3.05) is 38.1 Å². The van der Waals surface area contributed by atoms with Gasteiger partial charge in [0.25, 0.3) is 0 Å². The number of benzene rings is 1. The molecule has 2 aliphatic rings. The highest BCUT2D eigenvalue weighted by Gasteiger charge is 2.39. The Morgan fingerprint density at radius 3 is 2.76 bits per heavy atom. The zero-order valence-corrected chi connectivity index (χ0v) is 21.8. The number of piperazine rings is 1. The second kappa shape index (κ2) is 9.38. The van der Waals surface area contributed by atoms with Gasteiger partial charge in [-0.2, -0.15) is 13.2 Å². The van der Waals surface area contributed by atoms with E-state index in [2.05, 4.69) is 24.8 Å². The minimum atomic E-state index is -4.56. The second-order valence-electron chi connectivity index (χ2n) is 9.91. The first kappa shape index (κ1) is 24.9. The molecule has 0 bridgehead atoms. The van der Waals surface area contributed by atoms with Gasteiger partial charge in [0, 0.05) is 45.2 Å². The number of aromatic nitrogens is 5. The number of halogens is 3. The average molecular weight is 545 g/mol. The molecule has 13 heteroatoms. The van der Waals surface area contributed by atoms with Crippen LogP contribution in [0.2, 0.25) is 0 Å². The Morgan fingerprint density at radius 2 is 2.00 bits per heavy atom. The number of carbonyl (C=O) groups is 1. The Balaban J connectivity index is 1.23. The molecule has 5 heterocycles. The fraction of sp³-hybridized carbons (Fsp3) is 0.440. The summed E-state index contributed by atoms with van der Waals surface area (Å²) in [5, 5.41) is -0.508. The van der Waals surface area contributed by atoms with E-state index in [0.717, 1.165) is 36.4 Å². The molecule has 0 radical (unpaired) electrons. The van der Waals surface area contributed by atoms with Crippen LogP contribution in [-0.2, 0) is 30.5 Å². The van der Waals surface area contributed by atoms with Crippen LogP contribution >= 0.6 is 11.3 Å². The number of rotatable bonds is 4. The molecule has 1 N–H and O–H groups in total. The summed E-state index contributed by atoms with van der Waals surface area (Å²) in [7, 11) is 2.05. The molecule has 1 fully saturated rings. The summed E-state index contributed by atoms with van der Waals surface area (Å²) in [5.74, 6) is 0.275. The number of likely N-dealkylation sites (N-methyl/N-ethyl adjacent to an activating group) is 1. The third kappa shape index (κ3) is 4.53. The van der Waals surface area contributed by atoms with Crippen molar-refractivity contribution in [2.24, 2.45) is 0 Å². The highest BCUT2D eigenvalue weighted by molar-refractivity contribution is 7.16. The first-order valence-corrected chi connectivity index (χ1v) is 13.3. The number of anilines is 1. The summed E-state index contributed by atoms with van der Waals surface area (Å²) < 4.78 is 42.9. The number of nitrogens with one attached hydrogen (secondary N) is 1. The molecule has 200 valence electrons. The van der Waals surface area contributed by atoms with Crippen molar-refractivity contribution in [1.82, 2.24) is 34.3 Å². The summed E-state index contributed by atoms with van der Waals surface area (Å²) in [6, 6.07) is 7.09. The molecule has 9 nitrogen and oxygen atoms in total. The molecular weight excluding hydrogens is 517 g/mol. The SMILES string of the molecule is CC1CN(c2sc(C(F)(F)F)nc2-c2nc3ccccc3[nH]2)CCN1C(=O)Cn1cnc2c1CN(C)CC2. The Labute approximate surface area is 220 Å². The Morgan fingerprint density at radius 1 is 1.18 bits per heavy atom. The molecule has 1 atom stereocenters. The van der Waals surface area contributed by atoms with Crippen molar-refractivity contribution in [1.29, 1.82) is 0 Å². The quantitative estimate of drug-likeness (QED) is 0.423. The van der Waals surface area contributed by atoms with Gasteiger partial charge in [0.05, 0.1) is 28.7 Å². The number of hydrogen-bond donors (Lipinski definition) is 1. The number of alkyl halides is 3. The normalized spacial score (nSPS) is 18.8. The predicted molar refractivity (Wildman–Crippen MR) is 138 cm³/mol. The van der Waals surface area contributed by atoms with E-state index in [1.54, 1.807) is 12.4 Å². The monoisotopic (exact) mass is 544 g/mol. The van der Waals surface area contributed by atoms with E-state index in [1.807, 2.05) is 46.5 Å². The van der Waals surface area contributed by atoms with Crippen LogP contribution in [0.15, 0.2) is 30.6 Å². The van der Waals surface area contributed by atoms with E-state index in [9.17, 15) is 18.0 Å². The number of para-hydroxylation sites is 2. The third-order valence-electron chi connectivity index (χ3n) is 7.19. The van der Waals surface area contributed by atoms with E-state index in [-0.39, 0.29) is 24.2 Å². The van der Waals surface area contributed by atoms with Gasteiger partial charge in [0.1, 0.15) is 17.2 Å². The van der Waals surface area contributed by atoms with Crippen LogP contribution in [-0.4, -0.2) is 79.5 Å². The number of fused-ring (bicyclic) bond motifs is 2. The molecule has 2 aliphatic heterocycles. The smallest absolute Gasteiger partial charge is 0.358 e. The zero-order chi connectivity index (χ0) is 26.6. The van der Waals surface area contributed by atoms with Crippen LogP contribution in [0, 0.1) is 0 Å². The van der Waals surface area contributed by atoms with Crippen LogP contribution in [0.5, 0.6) is 0 Å². The maximum absolute atomic E-state index is 13.7. The first-order valence-electron chi connectivity index (χ1n) is 12.5. The molecule has 6 rings (SSSR count). The van der Waals surface area contributed by atoms with Crippen molar-refractivity contribution in [3.05, 3.63) is 47.0 Å². The van der Waals surface area contributed by atoms with Gasteiger partial charge in [-0.25, -0.2) is 15.0 Å². The molecular formula is C25H27F3N8OS. The Hall–Kier alpha value is -3.45. The maximum Gasteiger partial charge on any atom is 0.443 e. The summed E-state index contributed by atoms with van der Waals surface area (Å²) in [4.78, 5) is 35.2. The summed E-state index contributed by atoms with van der Waals surface area (Å²) in [6.45, 7) is 5.01. The standard InChI is InChI=1S/C25H27F3N8OS/c1-15-11-34(9-10-36(15)20(37)13-35-14-29-18-7-8-33(2)12-19(18)35)23-21(32-24(38-23)25(26,27)28)22-30-16-5-3-4-6-17(16)31-22/h3-6,14-15H,7-13H2,1-2H3,(H,30,31). The van der Waals surface area contributed by atoms with E-state index in [0.29, 0.717) is 47.3 Å². The minimum Gasteiger partial charge on any atom is -0.358 e. The molecule has 1 unspecified atom stereocenters. The summed E-state index contributed by atoms with van der Waals surface area (Å²) in [6.07, 6.45) is -1.96. The first-order chi connectivity index (χ1) is 18.2. The van der Waals surface area contributed by atoms with Crippen LogP contribution in [0.1, 0.15) is 23.3 Å². The van der Waals surface area contributed by atoms with Crippen LogP contribution in [0.25, 0.3) is 22.6 Å². The third-order valence-corrected chi connectivity index (χ3v) is 8.35. The van der Waals surface area contributed by atoms with Crippen molar-refractivity contribution < 1.29 is 18.0 Å². The van der Waals surface area contributed by atoms with Gasteiger partial charge >= 0.3 is 6.18 Å². The van der Waals surface area contributed by atoms with Crippen molar-refractivity contribution in [2.45, 2.75) is 38.7 Å². The Kier molecular flexibility index (Phi) is 6.14. The lowest BCUT2D eigenvalue weighted by Crippen LogP contribution is -2.54. The topological polar surface area (TPSA) is 86.2 Å². The average Bonchev–Trinajstić information content (AvgIpc) is 3.60. The lowest BCUT2D eigenvalue weighted by Gasteiger charge is -2.40. The molecule has 38 heavy (non-hydrogen) atoms. The molecule has 0 spiro atoms. The molecule has 3 aromatic heterocycles. The number of nitrogens with zero attached hydrogens (tertiary/aromatic N) is 7. The number of H-pyrrole nitrogens is 1. The van der Waals surface area contributed by atoms with E-state index in [1.165, 1.54) is 0 Å². The molecule has 1 amide bonds. The molecule has 4 aromatic rings. The van der Waals surface area contributed by atoms with Crippen molar-refractivity contribution in [3.63, 3.8) is 0 Å². The van der Waals surface area contributed by atoms with Gasteiger partial charge < -0.3 is 24.3 Å². The van der Waals surface area contributed by atoms with E-state index < -0.39 is 11.2 Å². The summed E-state index contributed by atoms with van der Waals surface area (Å²) in [5.41, 5.74) is 3.67. The maximum atomic E-state index is 13.7. The van der Waals surface area contributed by atoms with Gasteiger partial charge in [-0.3, -0.25) is 4.79 Å². The zero-order valence-electron chi connectivity index (χ0n) is 21.0. The number of carbonyl (C=O) groups excluding carboxylic acids is 1. The number of hydrogen-bond acceptors (Lipinski definition) is 7. The predicted octanol–water partition coefficient (Wildman–Crippen LogP) is 3.63. The fourth-order valence-electron chi connectivity index (χ4n) is 5.22. The number of thiazole rings is 1. The van der Waals surface area contributed by atoms with E-state index in [4.69, 9.17) is 0 Å². The van der Waals surface area contributed by atoms with Gasteiger partial charge in [0.15, 0.2) is 5.82 Å². The van der Waals surface area contributed by atoms with Crippen molar-refractivity contribution >= 4 is 33.3 Å². The lowest BCUT2D eigenvalue weighted by atomic mass is 10.1. The lowest BCUT2D eigenvalue weighted by molar-refractivity contribution is -0.137. The minimum absolute atomic E-state index is 0.0247. The number of aromatic amines is 1. The molecule has 1 saturated heterocycles. The van der Waals surface area contributed by atoms with Gasteiger partial charge in [0.2, 0.25) is 10.9 Å². The van der Waals surface area contributed by atoms with Crippen molar-refractivity contribution in [3.8, 4) is 11.5 Å². The number of imidazole rings is 2. The largest absolute Gasteiger partial charge is 0.443 e. The Bertz CT molecular complexity index is 1460. The highest BCUT2D eigenvalue weighted by atomic mass is 32.1. The highest BCUT2D eigenvalue weighted by Crippen LogP contribution is 2.42. The molecule has 0 saturated carbocycles. The van der Waals surface area contributed by atoms with Crippen LogP contribution < -0.4 is 4.90 Å². The second-order valence-corrected chi connectivity index (χ2v) is 10.9. The van der Waals surface area contributed by atoms with Gasteiger partial charge in [-0.15, -0.1) is 0 Å². The summed E-state index contributed by atoms with van der Waals surface area (Å²) >= 11 is 0.618. The van der Waals surface area contributed by atoms with Gasteiger partial charge in [-0.05, 0) is 26.1 Å². The van der Waals surface area contributed by atoms with Crippen LogP contribution in [0.3, 0.4) is 0 Å².